The largest absolute Gasteiger partial charge is 0.465 e. The average molecular weight is 444 g/mol. The maximum absolute atomic E-state index is 10.7. The highest BCUT2D eigenvalue weighted by Crippen LogP contribution is 2.18. The molecule has 0 aliphatic rings. The minimum Gasteiger partial charge on any atom is -0.465 e. The molecule has 2 aromatic rings. The van der Waals surface area contributed by atoms with E-state index in [9.17, 15) is 4.79 Å². The summed E-state index contributed by atoms with van der Waals surface area (Å²) in [5.74, 6) is 0. The van der Waals surface area contributed by atoms with Crippen LogP contribution in [0.2, 0.25) is 0 Å². The van der Waals surface area contributed by atoms with Crippen LogP contribution < -0.4 is 10.6 Å². The third kappa shape index (κ3) is 6.72. The molecule has 0 fully saturated rings. The fourth-order valence-electron chi connectivity index (χ4n) is 1.82. The van der Waals surface area contributed by atoms with Crippen LogP contribution in [0.3, 0.4) is 0 Å². The molecule has 0 heterocycles. The van der Waals surface area contributed by atoms with Gasteiger partial charge in [-0.1, -0.05) is 44.0 Å². The van der Waals surface area contributed by atoms with E-state index in [1.165, 1.54) is 10.5 Å². The maximum atomic E-state index is 10.7. The Balaban J connectivity index is 0.000000238. The summed E-state index contributed by atoms with van der Waals surface area (Å²) in [6.45, 7) is 4.23. The second-order valence-corrected chi connectivity index (χ2v) is 6.67. The third-order valence-electron chi connectivity index (χ3n) is 3.08. The van der Waals surface area contributed by atoms with Crippen LogP contribution in [0.4, 0.5) is 10.5 Å². The topological polar surface area (TPSA) is 66.6 Å². The monoisotopic (exact) mass is 442 g/mol. The molecule has 124 valence electrons. The van der Waals surface area contributed by atoms with Crippen molar-refractivity contribution in [2.75, 3.05) is 11.4 Å². The van der Waals surface area contributed by atoms with Gasteiger partial charge in [0.15, 0.2) is 0 Å². The summed E-state index contributed by atoms with van der Waals surface area (Å²) < 4.78 is 2.04. The molecule has 0 saturated carbocycles. The summed E-state index contributed by atoms with van der Waals surface area (Å²) in [6.07, 6.45) is -0.926. The number of benzene rings is 2. The molecular weight excluding hydrogens is 424 g/mol. The molecule has 0 spiro atoms. The predicted molar refractivity (Wildman–Crippen MR) is 102 cm³/mol. The van der Waals surface area contributed by atoms with Crippen LogP contribution in [-0.4, -0.2) is 17.7 Å². The number of halogens is 2. The molecule has 2 rings (SSSR count). The van der Waals surface area contributed by atoms with Crippen molar-refractivity contribution in [3.05, 3.63) is 63.0 Å². The quantitative estimate of drug-likeness (QED) is 0.665. The van der Waals surface area contributed by atoms with Crippen molar-refractivity contribution in [1.82, 2.24) is 0 Å². The summed E-state index contributed by atoms with van der Waals surface area (Å²) in [6, 6.07) is 15.3. The predicted octanol–water partition coefficient (Wildman–Crippen LogP) is 5.42. The van der Waals surface area contributed by atoms with Gasteiger partial charge in [-0.2, -0.15) is 0 Å². The Morgan fingerprint density at radius 3 is 1.87 bits per heavy atom. The van der Waals surface area contributed by atoms with Gasteiger partial charge < -0.3 is 10.8 Å². The minimum absolute atomic E-state index is 0.132. The van der Waals surface area contributed by atoms with Gasteiger partial charge in [-0.3, -0.25) is 4.90 Å². The molecule has 2 aromatic carbocycles. The highest BCUT2D eigenvalue weighted by atomic mass is 79.9. The fourth-order valence-corrected chi connectivity index (χ4v) is 2.34. The van der Waals surface area contributed by atoms with Crippen LogP contribution >= 0.6 is 31.9 Å². The Hall–Kier alpha value is -1.37. The first-order valence-electron chi connectivity index (χ1n) is 7.12. The first kappa shape index (κ1) is 19.7. The number of carboxylic acid groups (broad SMARTS) is 1. The number of carbonyl (C=O) groups is 1. The van der Waals surface area contributed by atoms with Crippen molar-refractivity contribution in [3.8, 4) is 0 Å². The highest BCUT2D eigenvalue weighted by molar-refractivity contribution is 9.10. The third-order valence-corrected chi connectivity index (χ3v) is 4.14. The van der Waals surface area contributed by atoms with E-state index in [0.29, 0.717) is 12.2 Å². The van der Waals surface area contributed by atoms with Crippen molar-refractivity contribution in [2.45, 2.75) is 19.9 Å². The summed E-state index contributed by atoms with van der Waals surface area (Å²) in [4.78, 5) is 12.0. The number of nitrogens with two attached hydrogens (primary N) is 1. The van der Waals surface area contributed by atoms with E-state index in [1.54, 1.807) is 19.1 Å². The lowest BCUT2D eigenvalue weighted by atomic mass is 10.1. The fraction of sp³-hybridized carbons (Fsp3) is 0.235. The minimum atomic E-state index is -0.926. The molecule has 1 amide bonds. The smallest absolute Gasteiger partial charge is 0.411 e. The molecule has 4 nitrogen and oxygen atoms in total. The number of rotatable bonds is 3. The molecule has 1 unspecified atom stereocenters. The van der Waals surface area contributed by atoms with E-state index in [2.05, 4.69) is 31.9 Å². The van der Waals surface area contributed by atoms with Crippen molar-refractivity contribution < 1.29 is 9.90 Å². The number of hydrogen-bond donors (Lipinski definition) is 2. The van der Waals surface area contributed by atoms with E-state index in [-0.39, 0.29) is 6.04 Å². The lowest BCUT2D eigenvalue weighted by Crippen LogP contribution is -2.28. The zero-order valence-corrected chi connectivity index (χ0v) is 16.2. The van der Waals surface area contributed by atoms with Gasteiger partial charge in [-0.05, 0) is 55.8 Å². The van der Waals surface area contributed by atoms with Gasteiger partial charge in [0.1, 0.15) is 0 Å². The number of anilines is 1. The van der Waals surface area contributed by atoms with Gasteiger partial charge in [0.2, 0.25) is 0 Å². The molecule has 0 saturated heterocycles. The Morgan fingerprint density at radius 2 is 1.52 bits per heavy atom. The van der Waals surface area contributed by atoms with Gasteiger partial charge in [-0.25, -0.2) is 4.79 Å². The number of hydrogen-bond acceptors (Lipinski definition) is 2. The van der Waals surface area contributed by atoms with Crippen molar-refractivity contribution in [3.63, 3.8) is 0 Å². The molecule has 0 aliphatic carbocycles. The Labute approximate surface area is 153 Å². The van der Waals surface area contributed by atoms with Gasteiger partial charge in [-0.15, -0.1) is 0 Å². The SMILES string of the molecule is CC(N)c1ccc(Br)cc1.CCN(C(=O)O)c1ccc(Br)cc1. The number of amides is 1. The number of nitrogens with zero attached hydrogens (tertiary/aromatic N) is 1. The van der Waals surface area contributed by atoms with E-state index >= 15 is 0 Å². The first-order valence-corrected chi connectivity index (χ1v) is 8.70. The summed E-state index contributed by atoms with van der Waals surface area (Å²) in [5, 5.41) is 8.81. The van der Waals surface area contributed by atoms with Crippen LogP contribution in [0, 0.1) is 0 Å². The molecule has 3 N–H and O–H groups in total. The van der Waals surface area contributed by atoms with Crippen molar-refractivity contribution in [1.29, 1.82) is 0 Å². The van der Waals surface area contributed by atoms with Crippen molar-refractivity contribution in [2.24, 2.45) is 5.73 Å². The summed E-state index contributed by atoms with van der Waals surface area (Å²) >= 11 is 6.64. The van der Waals surface area contributed by atoms with E-state index < -0.39 is 6.09 Å². The molecule has 0 aliphatic heterocycles. The van der Waals surface area contributed by atoms with E-state index in [1.807, 2.05) is 43.3 Å². The van der Waals surface area contributed by atoms with Crippen molar-refractivity contribution >= 4 is 43.6 Å². The zero-order chi connectivity index (χ0) is 17.4. The van der Waals surface area contributed by atoms with Crippen LogP contribution in [-0.2, 0) is 0 Å². The van der Waals surface area contributed by atoms with Gasteiger partial charge >= 0.3 is 6.09 Å². The molecule has 0 radical (unpaired) electrons. The molecule has 0 bridgehead atoms. The molecule has 23 heavy (non-hydrogen) atoms. The van der Waals surface area contributed by atoms with Crippen LogP contribution in [0.5, 0.6) is 0 Å². The normalized spacial score (nSPS) is 11.2. The standard InChI is InChI=1S/C9H10BrNO2.C8H10BrN/c1-2-11(9(12)13)8-5-3-7(10)4-6-8;1-6(10)7-2-4-8(9)5-3-7/h3-6H,2H2,1H3,(H,12,13);2-6H,10H2,1H3. The maximum Gasteiger partial charge on any atom is 0.411 e. The van der Waals surface area contributed by atoms with Gasteiger partial charge in [0, 0.05) is 27.2 Å². The van der Waals surface area contributed by atoms with E-state index in [4.69, 9.17) is 10.8 Å². The Bertz CT molecular complexity index is 613. The first-order chi connectivity index (χ1) is 10.8. The average Bonchev–Trinajstić information content (AvgIpc) is 2.50. The lowest BCUT2D eigenvalue weighted by molar-refractivity contribution is 0.202. The second kappa shape index (κ2) is 9.70. The Morgan fingerprint density at radius 1 is 1.09 bits per heavy atom. The molecular formula is C17H20Br2N2O2. The Kier molecular flexibility index (Phi) is 8.30. The molecule has 6 heteroatoms. The molecule has 0 aromatic heterocycles. The summed E-state index contributed by atoms with van der Waals surface area (Å²) in [5.41, 5.74) is 7.51. The lowest BCUT2D eigenvalue weighted by Gasteiger charge is -2.16. The van der Waals surface area contributed by atoms with Crippen LogP contribution in [0.15, 0.2) is 57.5 Å². The van der Waals surface area contributed by atoms with Gasteiger partial charge in [0.05, 0.1) is 0 Å². The van der Waals surface area contributed by atoms with E-state index in [0.717, 1.165) is 8.95 Å². The highest BCUT2D eigenvalue weighted by Gasteiger charge is 2.10. The van der Waals surface area contributed by atoms with Crippen LogP contribution in [0.1, 0.15) is 25.5 Å². The second-order valence-electron chi connectivity index (χ2n) is 4.84. The van der Waals surface area contributed by atoms with Crippen LogP contribution in [0.25, 0.3) is 0 Å². The zero-order valence-electron chi connectivity index (χ0n) is 13.0. The van der Waals surface area contributed by atoms with Gasteiger partial charge in [0.25, 0.3) is 0 Å². The molecule has 1 atom stereocenters. The summed E-state index contributed by atoms with van der Waals surface area (Å²) in [7, 11) is 0.